The first-order valence-electron chi connectivity index (χ1n) is 11.1. The smallest absolute Gasteiger partial charge is 0.338 e. The standard InChI is InChI=1S/C25H22Cl2N2O7/c1-2-14-12-29(25(33)28-22(14)30)21-11-19(36-24(32)16-5-9-18(27)10-6-16)20(35-21)13-34-23(31)15-3-7-17(26)8-4-15/h3-10,12,19-21H,2,11,13H2,1H3,(H,28,30,33)/t19-,20+,21-/m0/s1. The molecule has 0 spiro atoms. The summed E-state index contributed by atoms with van der Waals surface area (Å²) in [5.41, 5.74) is -0.187. The molecule has 0 unspecified atom stereocenters. The topological polar surface area (TPSA) is 117 Å². The van der Waals surface area contributed by atoms with Gasteiger partial charge in [-0.25, -0.2) is 14.4 Å². The van der Waals surface area contributed by atoms with E-state index in [0.29, 0.717) is 22.0 Å². The van der Waals surface area contributed by atoms with Gasteiger partial charge in [0.15, 0.2) is 0 Å². The number of halogens is 2. The minimum absolute atomic E-state index is 0.0948. The summed E-state index contributed by atoms with van der Waals surface area (Å²) in [4.78, 5) is 51.9. The van der Waals surface area contributed by atoms with Crippen LogP contribution in [-0.2, 0) is 20.6 Å². The zero-order chi connectivity index (χ0) is 25.8. The number of H-pyrrole nitrogens is 1. The second-order valence-corrected chi connectivity index (χ2v) is 8.97. The van der Waals surface area contributed by atoms with Crippen molar-refractivity contribution in [3.8, 4) is 0 Å². The summed E-state index contributed by atoms with van der Waals surface area (Å²) >= 11 is 11.8. The zero-order valence-corrected chi connectivity index (χ0v) is 20.6. The molecule has 3 atom stereocenters. The maximum atomic E-state index is 12.7. The van der Waals surface area contributed by atoms with Crippen molar-refractivity contribution in [3.63, 3.8) is 0 Å². The van der Waals surface area contributed by atoms with Gasteiger partial charge in [0.1, 0.15) is 25.0 Å². The van der Waals surface area contributed by atoms with Gasteiger partial charge in [-0.05, 0) is 55.0 Å². The monoisotopic (exact) mass is 532 g/mol. The van der Waals surface area contributed by atoms with Crippen molar-refractivity contribution in [2.75, 3.05) is 6.61 Å². The Morgan fingerprint density at radius 3 is 2.17 bits per heavy atom. The van der Waals surface area contributed by atoms with Gasteiger partial charge in [-0.1, -0.05) is 30.1 Å². The van der Waals surface area contributed by atoms with Gasteiger partial charge in [-0.3, -0.25) is 14.3 Å². The van der Waals surface area contributed by atoms with E-state index in [4.69, 9.17) is 37.4 Å². The second kappa shape index (κ2) is 11.1. The molecule has 3 aromatic rings. The minimum atomic E-state index is -0.869. The molecule has 0 aliphatic carbocycles. The van der Waals surface area contributed by atoms with Gasteiger partial charge in [0, 0.05) is 28.2 Å². The number of benzene rings is 2. The SMILES string of the molecule is CCc1cn([C@@H]2C[C@H](OC(=O)c3ccc(Cl)cc3)[C@@H](COC(=O)c3ccc(Cl)cc3)O2)c(=O)[nH]c1=O. The van der Waals surface area contributed by atoms with Crippen LogP contribution in [0.4, 0.5) is 0 Å². The number of rotatable bonds is 7. The summed E-state index contributed by atoms with van der Waals surface area (Å²) in [6.07, 6.45) is -0.656. The fraction of sp³-hybridized carbons (Fsp3) is 0.280. The number of nitrogens with one attached hydrogen (secondary N) is 1. The number of hydrogen-bond donors (Lipinski definition) is 1. The summed E-state index contributed by atoms with van der Waals surface area (Å²) < 4.78 is 18.3. The molecule has 1 aromatic heterocycles. The molecule has 0 radical (unpaired) electrons. The fourth-order valence-electron chi connectivity index (χ4n) is 3.76. The van der Waals surface area contributed by atoms with E-state index in [1.54, 1.807) is 31.2 Å². The number of aromatic amines is 1. The first kappa shape index (κ1) is 25.7. The van der Waals surface area contributed by atoms with Crippen molar-refractivity contribution < 1.29 is 23.8 Å². The molecule has 2 aromatic carbocycles. The van der Waals surface area contributed by atoms with E-state index in [0.717, 1.165) is 0 Å². The van der Waals surface area contributed by atoms with E-state index in [9.17, 15) is 19.2 Å². The number of nitrogens with zero attached hydrogens (tertiary/aromatic N) is 1. The summed E-state index contributed by atoms with van der Waals surface area (Å²) in [7, 11) is 0. The number of hydrogen-bond acceptors (Lipinski definition) is 7. The molecule has 2 heterocycles. The second-order valence-electron chi connectivity index (χ2n) is 8.10. The lowest BCUT2D eigenvalue weighted by molar-refractivity contribution is -0.0583. The van der Waals surface area contributed by atoms with E-state index in [2.05, 4.69) is 4.98 Å². The molecule has 188 valence electrons. The van der Waals surface area contributed by atoms with Crippen LogP contribution in [0, 0.1) is 0 Å². The summed E-state index contributed by atoms with van der Waals surface area (Å²) in [5.74, 6) is -1.24. The van der Waals surface area contributed by atoms with E-state index >= 15 is 0 Å². The molecular weight excluding hydrogens is 511 g/mol. The molecule has 0 saturated carbocycles. The van der Waals surface area contributed by atoms with Gasteiger partial charge < -0.3 is 14.2 Å². The molecule has 1 aliphatic rings. The highest BCUT2D eigenvalue weighted by Crippen LogP contribution is 2.31. The van der Waals surface area contributed by atoms with Crippen molar-refractivity contribution in [1.82, 2.24) is 9.55 Å². The number of esters is 2. The molecule has 1 fully saturated rings. The van der Waals surface area contributed by atoms with Crippen molar-refractivity contribution in [2.45, 2.75) is 38.2 Å². The van der Waals surface area contributed by atoms with E-state index < -0.39 is 41.6 Å². The Labute approximate surface area is 215 Å². The normalized spacial score (nSPS) is 19.1. The molecular formula is C25H22Cl2N2O7. The number of ether oxygens (including phenoxy) is 3. The quantitative estimate of drug-likeness (QED) is 0.460. The van der Waals surface area contributed by atoms with Gasteiger partial charge in [0.25, 0.3) is 5.56 Å². The van der Waals surface area contributed by atoms with Gasteiger partial charge >= 0.3 is 17.6 Å². The number of aryl methyl sites for hydroxylation is 1. The van der Waals surface area contributed by atoms with Crippen LogP contribution in [0.2, 0.25) is 10.0 Å². The molecule has 1 saturated heterocycles. The van der Waals surface area contributed by atoms with E-state index in [1.165, 1.54) is 35.0 Å². The number of carbonyl (C=O) groups excluding carboxylic acids is 2. The number of aromatic nitrogens is 2. The number of carbonyl (C=O) groups is 2. The Morgan fingerprint density at radius 1 is 1.00 bits per heavy atom. The fourth-order valence-corrected chi connectivity index (χ4v) is 4.01. The molecule has 9 nitrogen and oxygen atoms in total. The van der Waals surface area contributed by atoms with Gasteiger partial charge in [0.2, 0.25) is 0 Å². The summed E-state index contributed by atoms with van der Waals surface area (Å²) in [5, 5.41) is 0.937. The molecule has 36 heavy (non-hydrogen) atoms. The molecule has 1 N–H and O–H groups in total. The van der Waals surface area contributed by atoms with Gasteiger partial charge in [0.05, 0.1) is 11.1 Å². The van der Waals surface area contributed by atoms with Crippen molar-refractivity contribution in [2.24, 2.45) is 0 Å². The predicted molar refractivity (Wildman–Crippen MR) is 132 cm³/mol. The minimum Gasteiger partial charge on any atom is -0.459 e. The lowest BCUT2D eigenvalue weighted by atomic mass is 10.1. The summed E-state index contributed by atoms with van der Waals surface area (Å²) in [6.45, 7) is 1.54. The van der Waals surface area contributed by atoms with Crippen molar-refractivity contribution >= 4 is 35.1 Å². The Hall–Kier alpha value is -3.40. The third-order valence-corrected chi connectivity index (χ3v) is 6.21. The predicted octanol–water partition coefficient (Wildman–Crippen LogP) is 3.78. The van der Waals surface area contributed by atoms with Crippen LogP contribution in [-0.4, -0.2) is 40.3 Å². The maximum Gasteiger partial charge on any atom is 0.338 e. The molecule has 0 bridgehead atoms. The molecule has 0 amide bonds. The first-order valence-corrected chi connectivity index (χ1v) is 11.9. The van der Waals surface area contributed by atoms with E-state index in [1.807, 2.05) is 0 Å². The lowest BCUT2D eigenvalue weighted by Crippen LogP contribution is -2.34. The average Bonchev–Trinajstić information content (AvgIpc) is 3.25. The van der Waals surface area contributed by atoms with Gasteiger partial charge in [-0.2, -0.15) is 0 Å². The third-order valence-electron chi connectivity index (χ3n) is 5.71. The Balaban J connectivity index is 1.54. The summed E-state index contributed by atoms with van der Waals surface area (Å²) in [6, 6.07) is 12.3. The van der Waals surface area contributed by atoms with Crippen molar-refractivity contribution in [3.05, 3.63) is 102 Å². The highest BCUT2D eigenvalue weighted by molar-refractivity contribution is 6.31. The highest BCUT2D eigenvalue weighted by Gasteiger charge is 2.40. The third kappa shape index (κ3) is 5.87. The van der Waals surface area contributed by atoms with Crippen LogP contribution in [0.1, 0.15) is 45.9 Å². The Kier molecular flexibility index (Phi) is 7.93. The first-order chi connectivity index (χ1) is 17.2. The van der Waals surface area contributed by atoms with Crippen LogP contribution < -0.4 is 11.2 Å². The Bertz CT molecular complexity index is 1370. The maximum absolute atomic E-state index is 12.7. The molecule has 1 aliphatic heterocycles. The highest BCUT2D eigenvalue weighted by atomic mass is 35.5. The molecule has 4 rings (SSSR count). The van der Waals surface area contributed by atoms with Crippen LogP contribution in [0.25, 0.3) is 0 Å². The zero-order valence-electron chi connectivity index (χ0n) is 19.1. The molecule has 11 heteroatoms. The van der Waals surface area contributed by atoms with Gasteiger partial charge in [-0.15, -0.1) is 0 Å². The largest absolute Gasteiger partial charge is 0.459 e. The van der Waals surface area contributed by atoms with Crippen LogP contribution in [0.3, 0.4) is 0 Å². The lowest BCUT2D eigenvalue weighted by Gasteiger charge is -2.19. The van der Waals surface area contributed by atoms with Crippen molar-refractivity contribution in [1.29, 1.82) is 0 Å². The van der Waals surface area contributed by atoms with Crippen LogP contribution in [0.5, 0.6) is 0 Å². The average molecular weight is 533 g/mol. The Morgan fingerprint density at radius 2 is 1.58 bits per heavy atom. The van der Waals surface area contributed by atoms with Crippen LogP contribution in [0.15, 0.2) is 64.3 Å². The van der Waals surface area contributed by atoms with Crippen LogP contribution >= 0.6 is 23.2 Å². The van der Waals surface area contributed by atoms with E-state index in [-0.39, 0.29) is 24.2 Å².